The van der Waals surface area contributed by atoms with Gasteiger partial charge in [-0.05, 0) is 36.8 Å². The van der Waals surface area contributed by atoms with E-state index in [2.05, 4.69) is 15.0 Å². The molecule has 0 bridgehead atoms. The number of hydrogen-bond acceptors (Lipinski definition) is 4. The molecule has 0 spiro atoms. The number of benzene rings is 1. The van der Waals surface area contributed by atoms with Crippen molar-refractivity contribution in [3.8, 4) is 0 Å². The molecule has 20 heavy (non-hydrogen) atoms. The van der Waals surface area contributed by atoms with Crippen molar-refractivity contribution in [2.75, 3.05) is 16.3 Å². The molecule has 0 aliphatic carbocycles. The normalized spacial score (nSPS) is 11.2. The number of anilines is 3. The molecule has 0 fully saturated rings. The maximum Gasteiger partial charge on any atom is 0.230 e. The molecule has 0 amide bonds. The summed E-state index contributed by atoms with van der Waals surface area (Å²) in [7, 11) is -3.31. The van der Waals surface area contributed by atoms with Crippen LogP contribution in [0.4, 0.5) is 17.2 Å². The third-order valence-corrected chi connectivity index (χ3v) is 3.59. The summed E-state index contributed by atoms with van der Waals surface area (Å²) < 4.78 is 24.5. The number of halogens is 1. The van der Waals surface area contributed by atoms with Crippen molar-refractivity contribution in [2.24, 2.45) is 0 Å². The summed E-state index contributed by atoms with van der Waals surface area (Å²) in [6, 6.07) is 8.90. The predicted octanol–water partition coefficient (Wildman–Crippen LogP) is 3.16. The van der Waals surface area contributed by atoms with Crippen LogP contribution in [-0.2, 0) is 10.0 Å². The summed E-state index contributed by atoms with van der Waals surface area (Å²) in [6.07, 6.45) is 2.63. The minimum atomic E-state index is -3.31. The third kappa shape index (κ3) is 3.85. The van der Waals surface area contributed by atoms with Crippen molar-refractivity contribution in [1.82, 2.24) is 4.98 Å². The fourth-order valence-electron chi connectivity index (χ4n) is 1.62. The fourth-order valence-corrected chi connectivity index (χ4v) is 2.29. The Labute approximate surface area is 123 Å². The third-order valence-electron chi connectivity index (χ3n) is 2.60. The zero-order valence-electron chi connectivity index (χ0n) is 11.0. The van der Waals surface area contributed by atoms with E-state index in [0.717, 1.165) is 23.2 Å². The molecule has 0 aliphatic heterocycles. The molecule has 1 aromatic heterocycles. The van der Waals surface area contributed by atoms with E-state index in [1.807, 2.05) is 25.1 Å². The van der Waals surface area contributed by atoms with Crippen LogP contribution in [0.1, 0.15) is 5.56 Å². The van der Waals surface area contributed by atoms with Crippen molar-refractivity contribution in [3.05, 3.63) is 47.1 Å². The molecular weight excluding hydrogens is 298 g/mol. The molecule has 0 saturated heterocycles. The average molecular weight is 312 g/mol. The highest BCUT2D eigenvalue weighted by Crippen LogP contribution is 2.26. The Morgan fingerprint density at radius 3 is 2.55 bits per heavy atom. The highest BCUT2D eigenvalue weighted by Gasteiger charge is 2.05. The quantitative estimate of drug-likeness (QED) is 0.910. The Bertz CT molecular complexity index is 715. The van der Waals surface area contributed by atoms with Gasteiger partial charge in [-0.1, -0.05) is 17.7 Å². The molecule has 0 radical (unpaired) electrons. The standard InChI is InChI=1S/C13H14ClN3O2S/c1-9-11(14)4-3-5-12(9)16-10-6-7-13(15-8-10)17-20(2,18)19/h3-8,16H,1-2H3,(H,15,17). The summed E-state index contributed by atoms with van der Waals surface area (Å²) in [4.78, 5) is 4.03. The Balaban J connectivity index is 2.17. The first-order valence-electron chi connectivity index (χ1n) is 5.81. The Morgan fingerprint density at radius 1 is 1.20 bits per heavy atom. The number of sulfonamides is 1. The number of nitrogens with zero attached hydrogens (tertiary/aromatic N) is 1. The van der Waals surface area contributed by atoms with Crippen molar-refractivity contribution in [3.63, 3.8) is 0 Å². The average Bonchev–Trinajstić information content (AvgIpc) is 2.35. The maximum atomic E-state index is 11.1. The first-order chi connectivity index (χ1) is 9.35. The molecule has 5 nitrogen and oxygen atoms in total. The highest BCUT2D eigenvalue weighted by molar-refractivity contribution is 7.92. The number of rotatable bonds is 4. The molecule has 2 aromatic rings. The Hall–Kier alpha value is -1.79. The molecular formula is C13H14ClN3O2S. The minimum absolute atomic E-state index is 0.279. The van der Waals surface area contributed by atoms with Gasteiger partial charge in [-0.2, -0.15) is 0 Å². The van der Waals surface area contributed by atoms with Crippen LogP contribution in [0.2, 0.25) is 5.02 Å². The fraction of sp³-hybridized carbons (Fsp3) is 0.154. The molecule has 1 aromatic carbocycles. The lowest BCUT2D eigenvalue weighted by atomic mass is 10.2. The Kier molecular flexibility index (Phi) is 4.15. The summed E-state index contributed by atoms with van der Waals surface area (Å²) in [5, 5.41) is 3.86. The maximum absolute atomic E-state index is 11.1. The molecule has 1 heterocycles. The molecule has 2 N–H and O–H groups in total. The van der Waals surface area contributed by atoms with Gasteiger partial charge < -0.3 is 5.32 Å². The second kappa shape index (κ2) is 5.68. The molecule has 106 valence electrons. The highest BCUT2D eigenvalue weighted by atomic mass is 35.5. The van der Waals surface area contributed by atoms with Gasteiger partial charge in [0.2, 0.25) is 10.0 Å². The van der Waals surface area contributed by atoms with Gasteiger partial charge in [-0.25, -0.2) is 13.4 Å². The summed E-state index contributed by atoms with van der Waals surface area (Å²) in [5.41, 5.74) is 2.56. The van der Waals surface area contributed by atoms with Crippen molar-refractivity contribution < 1.29 is 8.42 Å². The van der Waals surface area contributed by atoms with Gasteiger partial charge in [-0.3, -0.25) is 4.72 Å². The molecule has 0 unspecified atom stereocenters. The first-order valence-corrected chi connectivity index (χ1v) is 8.08. The van der Waals surface area contributed by atoms with Gasteiger partial charge in [0.15, 0.2) is 0 Å². The summed E-state index contributed by atoms with van der Waals surface area (Å²) in [5.74, 6) is 0.279. The molecule has 7 heteroatoms. The number of hydrogen-bond donors (Lipinski definition) is 2. The lowest BCUT2D eigenvalue weighted by molar-refractivity contribution is 0.606. The van der Waals surface area contributed by atoms with Crippen LogP contribution in [0.25, 0.3) is 0 Å². The van der Waals surface area contributed by atoms with Crippen LogP contribution in [0, 0.1) is 6.92 Å². The number of pyridine rings is 1. The number of aromatic nitrogens is 1. The number of nitrogens with one attached hydrogen (secondary N) is 2. The van der Waals surface area contributed by atoms with Crippen LogP contribution >= 0.6 is 11.6 Å². The van der Waals surface area contributed by atoms with E-state index in [1.165, 1.54) is 0 Å². The van der Waals surface area contributed by atoms with E-state index in [4.69, 9.17) is 11.6 Å². The zero-order chi connectivity index (χ0) is 14.8. The first kappa shape index (κ1) is 14.6. The largest absolute Gasteiger partial charge is 0.354 e. The van der Waals surface area contributed by atoms with E-state index in [1.54, 1.807) is 18.3 Å². The van der Waals surface area contributed by atoms with Crippen LogP contribution in [0.3, 0.4) is 0 Å². The van der Waals surface area contributed by atoms with Crippen molar-refractivity contribution in [2.45, 2.75) is 6.92 Å². The second-order valence-corrected chi connectivity index (χ2v) is 6.50. The van der Waals surface area contributed by atoms with Crippen LogP contribution in [-0.4, -0.2) is 19.7 Å². The van der Waals surface area contributed by atoms with E-state index in [9.17, 15) is 8.42 Å². The van der Waals surface area contributed by atoms with Crippen LogP contribution in [0.5, 0.6) is 0 Å². The summed E-state index contributed by atoms with van der Waals surface area (Å²) in [6.45, 7) is 1.91. The van der Waals surface area contributed by atoms with Gasteiger partial charge in [0.05, 0.1) is 18.1 Å². The van der Waals surface area contributed by atoms with Crippen LogP contribution < -0.4 is 10.0 Å². The second-order valence-electron chi connectivity index (χ2n) is 4.34. The van der Waals surface area contributed by atoms with Crippen molar-refractivity contribution >= 4 is 38.8 Å². The smallest absolute Gasteiger partial charge is 0.230 e. The monoisotopic (exact) mass is 311 g/mol. The predicted molar refractivity (Wildman–Crippen MR) is 82.2 cm³/mol. The topological polar surface area (TPSA) is 71.1 Å². The minimum Gasteiger partial charge on any atom is -0.354 e. The van der Waals surface area contributed by atoms with Gasteiger partial charge in [-0.15, -0.1) is 0 Å². The van der Waals surface area contributed by atoms with Crippen LogP contribution in [0.15, 0.2) is 36.5 Å². The van der Waals surface area contributed by atoms with E-state index >= 15 is 0 Å². The van der Waals surface area contributed by atoms with E-state index in [-0.39, 0.29) is 5.82 Å². The van der Waals surface area contributed by atoms with Gasteiger partial charge in [0.25, 0.3) is 0 Å². The molecule has 2 rings (SSSR count). The van der Waals surface area contributed by atoms with Gasteiger partial charge >= 0.3 is 0 Å². The lowest BCUT2D eigenvalue weighted by Crippen LogP contribution is -2.10. The SMILES string of the molecule is Cc1c(Cl)cccc1Nc1ccc(NS(C)(=O)=O)nc1. The lowest BCUT2D eigenvalue weighted by Gasteiger charge is -2.11. The van der Waals surface area contributed by atoms with E-state index < -0.39 is 10.0 Å². The molecule has 0 aliphatic rings. The van der Waals surface area contributed by atoms with Gasteiger partial charge in [0, 0.05) is 10.7 Å². The summed E-state index contributed by atoms with van der Waals surface area (Å²) >= 11 is 6.05. The Morgan fingerprint density at radius 2 is 1.95 bits per heavy atom. The van der Waals surface area contributed by atoms with Crippen molar-refractivity contribution in [1.29, 1.82) is 0 Å². The zero-order valence-corrected chi connectivity index (χ0v) is 12.6. The van der Waals surface area contributed by atoms with E-state index in [0.29, 0.717) is 5.02 Å². The van der Waals surface area contributed by atoms with Gasteiger partial charge in [0.1, 0.15) is 5.82 Å². The molecule has 0 saturated carbocycles. The molecule has 0 atom stereocenters.